The van der Waals surface area contributed by atoms with Crippen LogP contribution in [0, 0.1) is 11.8 Å². The zero-order valence-electron chi connectivity index (χ0n) is 17.3. The third kappa shape index (κ3) is 2.71. The number of carbonyl (C=O) groups is 1. The second kappa shape index (κ2) is 7.02. The van der Waals surface area contributed by atoms with Crippen molar-refractivity contribution in [2.75, 3.05) is 7.11 Å². The SMILES string of the molecule is COc1ccc(C2=CC3C2C2c4ccccc4C3N2C(=O)OCc2ccccc2)cc1. The number of benzene rings is 3. The fraction of sp³-hybridized carbons (Fsp3) is 0.222. The predicted molar refractivity (Wildman–Crippen MR) is 118 cm³/mol. The first-order valence-electron chi connectivity index (χ1n) is 10.7. The van der Waals surface area contributed by atoms with E-state index in [0.29, 0.717) is 18.4 Å². The molecule has 2 aliphatic heterocycles. The van der Waals surface area contributed by atoms with Crippen molar-refractivity contribution < 1.29 is 14.3 Å². The molecule has 1 aliphatic carbocycles. The molecule has 0 spiro atoms. The molecule has 2 bridgehead atoms. The molecule has 3 aliphatic rings. The summed E-state index contributed by atoms with van der Waals surface area (Å²) in [5, 5.41) is 0. The van der Waals surface area contributed by atoms with Gasteiger partial charge in [-0.2, -0.15) is 0 Å². The maximum Gasteiger partial charge on any atom is 0.411 e. The highest BCUT2D eigenvalue weighted by Gasteiger charge is 2.62. The molecule has 3 aromatic rings. The van der Waals surface area contributed by atoms with Gasteiger partial charge in [-0.3, -0.25) is 4.90 Å². The summed E-state index contributed by atoms with van der Waals surface area (Å²) >= 11 is 0. The molecule has 1 fully saturated rings. The van der Waals surface area contributed by atoms with Crippen molar-refractivity contribution >= 4 is 11.7 Å². The van der Waals surface area contributed by atoms with E-state index in [4.69, 9.17) is 9.47 Å². The third-order valence-corrected chi connectivity index (χ3v) is 6.92. The molecule has 6 rings (SSSR count). The van der Waals surface area contributed by atoms with Crippen molar-refractivity contribution in [3.8, 4) is 5.75 Å². The maximum absolute atomic E-state index is 13.3. The normalized spacial score (nSPS) is 24.7. The lowest BCUT2D eigenvalue weighted by atomic mass is 9.63. The van der Waals surface area contributed by atoms with Crippen LogP contribution >= 0.6 is 0 Å². The number of hydrogen-bond donors (Lipinski definition) is 0. The molecule has 154 valence electrons. The lowest BCUT2D eigenvalue weighted by molar-refractivity contribution is 0.0823. The number of nitrogens with zero attached hydrogens (tertiary/aromatic N) is 1. The van der Waals surface area contributed by atoms with Crippen molar-refractivity contribution in [2.24, 2.45) is 11.8 Å². The summed E-state index contributed by atoms with van der Waals surface area (Å²) in [7, 11) is 1.68. The number of ether oxygens (including phenoxy) is 2. The van der Waals surface area contributed by atoms with Crippen LogP contribution in [0.2, 0.25) is 0 Å². The van der Waals surface area contributed by atoms with E-state index in [1.54, 1.807) is 7.11 Å². The van der Waals surface area contributed by atoms with E-state index in [9.17, 15) is 4.79 Å². The average molecular weight is 409 g/mol. The van der Waals surface area contributed by atoms with Crippen LogP contribution in [0.1, 0.15) is 34.3 Å². The molecule has 4 atom stereocenters. The Labute approximate surface area is 181 Å². The van der Waals surface area contributed by atoms with Gasteiger partial charge in [0.05, 0.1) is 19.2 Å². The summed E-state index contributed by atoms with van der Waals surface area (Å²) in [4.78, 5) is 15.2. The van der Waals surface area contributed by atoms with Gasteiger partial charge in [-0.25, -0.2) is 4.79 Å². The van der Waals surface area contributed by atoms with E-state index in [1.165, 1.54) is 22.3 Å². The van der Waals surface area contributed by atoms with Crippen LogP contribution in [0.3, 0.4) is 0 Å². The Balaban J connectivity index is 1.30. The lowest BCUT2D eigenvalue weighted by Crippen LogP contribution is -2.29. The Hall–Kier alpha value is -3.53. The monoisotopic (exact) mass is 409 g/mol. The van der Waals surface area contributed by atoms with Gasteiger partial charge in [0.1, 0.15) is 12.4 Å². The minimum absolute atomic E-state index is 0.0246. The first kappa shape index (κ1) is 18.3. The van der Waals surface area contributed by atoms with Crippen LogP contribution in [0.25, 0.3) is 5.57 Å². The molecule has 3 aromatic carbocycles. The minimum atomic E-state index is -0.230. The van der Waals surface area contributed by atoms with Gasteiger partial charge in [-0.15, -0.1) is 0 Å². The van der Waals surface area contributed by atoms with Crippen molar-refractivity contribution in [3.05, 3.63) is 107 Å². The van der Waals surface area contributed by atoms with Gasteiger partial charge < -0.3 is 9.47 Å². The minimum Gasteiger partial charge on any atom is -0.497 e. The maximum atomic E-state index is 13.3. The Morgan fingerprint density at radius 3 is 2.26 bits per heavy atom. The van der Waals surface area contributed by atoms with Crippen LogP contribution in [-0.4, -0.2) is 18.1 Å². The second-order valence-corrected chi connectivity index (χ2v) is 8.42. The highest BCUT2D eigenvalue weighted by molar-refractivity contribution is 5.81. The zero-order valence-corrected chi connectivity index (χ0v) is 17.3. The number of rotatable bonds is 4. The summed E-state index contributed by atoms with van der Waals surface area (Å²) in [5.74, 6) is 1.49. The Morgan fingerprint density at radius 1 is 0.871 bits per heavy atom. The zero-order chi connectivity index (χ0) is 20.9. The molecule has 0 radical (unpaired) electrons. The fourth-order valence-electron chi connectivity index (χ4n) is 5.55. The molecular formula is C27H23NO3. The number of fused-ring (bicyclic) bond motifs is 8. The van der Waals surface area contributed by atoms with E-state index < -0.39 is 0 Å². The van der Waals surface area contributed by atoms with Gasteiger partial charge in [0, 0.05) is 11.8 Å². The molecule has 4 unspecified atom stereocenters. The molecule has 4 heteroatoms. The smallest absolute Gasteiger partial charge is 0.411 e. The summed E-state index contributed by atoms with van der Waals surface area (Å²) in [6.45, 7) is 0.292. The molecule has 1 saturated heterocycles. The molecule has 0 N–H and O–H groups in total. The molecule has 31 heavy (non-hydrogen) atoms. The topological polar surface area (TPSA) is 38.8 Å². The Bertz CT molecular complexity index is 1170. The molecular weight excluding hydrogens is 386 g/mol. The van der Waals surface area contributed by atoms with E-state index in [1.807, 2.05) is 47.4 Å². The first-order chi connectivity index (χ1) is 15.3. The predicted octanol–water partition coefficient (Wildman–Crippen LogP) is 5.77. The van der Waals surface area contributed by atoms with Gasteiger partial charge in [-0.05, 0) is 40.0 Å². The summed E-state index contributed by atoms with van der Waals surface area (Å²) in [6, 6.07) is 26.6. The molecule has 1 amide bonds. The average Bonchev–Trinajstić information content (AvgIpc) is 3.25. The van der Waals surface area contributed by atoms with E-state index in [2.05, 4.69) is 42.5 Å². The lowest BCUT2D eigenvalue weighted by Gasteiger charge is -2.38. The summed E-state index contributed by atoms with van der Waals surface area (Å²) in [6.07, 6.45) is 2.11. The van der Waals surface area contributed by atoms with Crippen molar-refractivity contribution in [1.29, 1.82) is 0 Å². The van der Waals surface area contributed by atoms with Gasteiger partial charge in [0.2, 0.25) is 0 Å². The highest BCUT2D eigenvalue weighted by Crippen LogP contribution is 2.67. The number of hydrogen-bond acceptors (Lipinski definition) is 3. The number of carbonyl (C=O) groups excluding carboxylic acids is 1. The third-order valence-electron chi connectivity index (χ3n) is 6.92. The summed E-state index contributed by atoms with van der Waals surface area (Å²) < 4.78 is 11.1. The van der Waals surface area contributed by atoms with Crippen molar-refractivity contribution in [3.63, 3.8) is 0 Å². The first-order valence-corrected chi connectivity index (χ1v) is 10.7. The standard InChI is InChI=1S/C27H23NO3/c1-30-19-13-11-18(12-14-19)22-15-23-24(22)26-21-10-6-5-9-20(21)25(23)28(26)27(29)31-16-17-7-3-2-4-8-17/h2-15,23-26H,16H2,1H3. The van der Waals surface area contributed by atoms with Crippen LogP contribution in [0.4, 0.5) is 4.79 Å². The largest absolute Gasteiger partial charge is 0.497 e. The molecule has 0 aromatic heterocycles. The van der Waals surface area contributed by atoms with Crippen LogP contribution in [-0.2, 0) is 11.3 Å². The second-order valence-electron chi connectivity index (χ2n) is 8.42. The number of methoxy groups -OCH3 is 1. The van der Waals surface area contributed by atoms with Crippen LogP contribution in [0.5, 0.6) is 5.75 Å². The van der Waals surface area contributed by atoms with E-state index in [-0.39, 0.29) is 18.2 Å². The molecule has 4 nitrogen and oxygen atoms in total. The Kier molecular flexibility index (Phi) is 4.13. The Morgan fingerprint density at radius 2 is 1.55 bits per heavy atom. The fourth-order valence-corrected chi connectivity index (χ4v) is 5.55. The van der Waals surface area contributed by atoms with E-state index in [0.717, 1.165) is 11.3 Å². The van der Waals surface area contributed by atoms with Gasteiger partial charge in [0.25, 0.3) is 0 Å². The van der Waals surface area contributed by atoms with Crippen molar-refractivity contribution in [1.82, 2.24) is 4.90 Å². The molecule has 2 heterocycles. The number of amides is 1. The van der Waals surface area contributed by atoms with Gasteiger partial charge in [0.15, 0.2) is 0 Å². The van der Waals surface area contributed by atoms with Gasteiger partial charge >= 0.3 is 6.09 Å². The quantitative estimate of drug-likeness (QED) is 0.549. The van der Waals surface area contributed by atoms with Crippen LogP contribution in [0.15, 0.2) is 84.9 Å². The highest BCUT2D eigenvalue weighted by atomic mass is 16.6. The summed E-state index contributed by atoms with van der Waals surface area (Å²) in [5.41, 5.74) is 6.03. The van der Waals surface area contributed by atoms with Crippen LogP contribution < -0.4 is 4.74 Å². The van der Waals surface area contributed by atoms with Crippen molar-refractivity contribution in [2.45, 2.75) is 18.7 Å². The van der Waals surface area contributed by atoms with E-state index >= 15 is 0 Å². The van der Waals surface area contributed by atoms with Gasteiger partial charge in [-0.1, -0.05) is 72.8 Å². The molecule has 0 saturated carbocycles.